The molecule has 0 aliphatic heterocycles. The van der Waals surface area contributed by atoms with Gasteiger partial charge in [0.05, 0.1) is 17.6 Å². The van der Waals surface area contributed by atoms with Crippen molar-refractivity contribution in [1.29, 1.82) is 5.26 Å². The maximum absolute atomic E-state index is 12.1. The van der Waals surface area contributed by atoms with E-state index >= 15 is 0 Å². The van der Waals surface area contributed by atoms with Crippen molar-refractivity contribution in [2.45, 2.75) is 26.2 Å². The van der Waals surface area contributed by atoms with Crippen LogP contribution in [0.4, 0.5) is 0 Å². The lowest BCUT2D eigenvalue weighted by molar-refractivity contribution is -0.138. The fraction of sp³-hybridized carbons (Fsp3) is 0.300. The van der Waals surface area contributed by atoms with Crippen molar-refractivity contribution in [3.05, 3.63) is 54.1 Å². The van der Waals surface area contributed by atoms with Crippen LogP contribution in [0.1, 0.15) is 31.7 Å². The van der Waals surface area contributed by atoms with Crippen LogP contribution in [0.5, 0.6) is 5.75 Å². The maximum atomic E-state index is 12.1. The van der Waals surface area contributed by atoms with E-state index in [1.807, 2.05) is 36.4 Å². The molecule has 1 aliphatic rings. The molecule has 1 aliphatic carbocycles. The number of ether oxygens (including phenoxy) is 1. The van der Waals surface area contributed by atoms with E-state index in [1.54, 1.807) is 12.1 Å². The van der Waals surface area contributed by atoms with Crippen molar-refractivity contribution >= 4 is 5.97 Å². The summed E-state index contributed by atoms with van der Waals surface area (Å²) in [6, 6.07) is 17.0. The quantitative estimate of drug-likeness (QED) is 0.616. The number of rotatable bonds is 3. The van der Waals surface area contributed by atoms with E-state index in [1.165, 1.54) is 0 Å². The van der Waals surface area contributed by atoms with Crippen molar-refractivity contribution in [3.8, 4) is 22.9 Å². The summed E-state index contributed by atoms with van der Waals surface area (Å²) < 4.78 is 5.49. The number of hydrogen-bond acceptors (Lipinski definition) is 3. The normalized spacial score (nSPS) is 20.0. The maximum Gasteiger partial charge on any atom is 0.314 e. The Hall–Kier alpha value is -2.60. The fourth-order valence-corrected chi connectivity index (χ4v) is 3.07. The number of nitrogens with zero attached hydrogens (tertiary/aromatic N) is 1. The molecule has 0 amide bonds. The molecule has 116 valence electrons. The van der Waals surface area contributed by atoms with Gasteiger partial charge in [-0.15, -0.1) is 0 Å². The molecule has 0 spiro atoms. The van der Waals surface area contributed by atoms with Crippen LogP contribution < -0.4 is 4.74 Å². The Morgan fingerprint density at radius 2 is 1.65 bits per heavy atom. The van der Waals surface area contributed by atoms with Crippen molar-refractivity contribution < 1.29 is 9.53 Å². The first-order chi connectivity index (χ1) is 11.2. The van der Waals surface area contributed by atoms with Crippen LogP contribution in [-0.2, 0) is 4.79 Å². The van der Waals surface area contributed by atoms with E-state index in [2.05, 4.69) is 13.0 Å². The zero-order valence-corrected chi connectivity index (χ0v) is 13.2. The summed E-state index contributed by atoms with van der Waals surface area (Å²) in [4.78, 5) is 12.1. The number of carbonyl (C=O) groups excluding carboxylic acids is 1. The molecule has 0 bridgehead atoms. The summed E-state index contributed by atoms with van der Waals surface area (Å²) in [5.74, 6) is 1.14. The number of hydrogen-bond donors (Lipinski definition) is 0. The van der Waals surface area contributed by atoms with Gasteiger partial charge in [-0.1, -0.05) is 31.2 Å². The Bertz CT molecular complexity index is 726. The Morgan fingerprint density at radius 3 is 2.17 bits per heavy atom. The van der Waals surface area contributed by atoms with Gasteiger partial charge in [-0.25, -0.2) is 0 Å². The Balaban J connectivity index is 1.67. The second kappa shape index (κ2) is 6.66. The second-order valence-electron chi connectivity index (χ2n) is 6.25. The molecule has 0 saturated heterocycles. The van der Waals surface area contributed by atoms with Crippen LogP contribution in [0.25, 0.3) is 11.1 Å². The minimum Gasteiger partial charge on any atom is -0.426 e. The van der Waals surface area contributed by atoms with Gasteiger partial charge < -0.3 is 4.74 Å². The molecule has 3 heteroatoms. The molecule has 0 N–H and O–H groups in total. The average Bonchev–Trinajstić information content (AvgIpc) is 3.02. The van der Waals surface area contributed by atoms with Gasteiger partial charge in [0.2, 0.25) is 0 Å². The molecule has 2 aromatic carbocycles. The molecule has 1 saturated carbocycles. The van der Waals surface area contributed by atoms with E-state index in [0.717, 1.165) is 30.4 Å². The van der Waals surface area contributed by atoms with E-state index in [9.17, 15) is 4.79 Å². The summed E-state index contributed by atoms with van der Waals surface area (Å²) in [7, 11) is 0. The molecule has 2 atom stereocenters. The van der Waals surface area contributed by atoms with Crippen LogP contribution >= 0.6 is 0 Å². The third kappa shape index (κ3) is 3.60. The number of esters is 1. The van der Waals surface area contributed by atoms with Gasteiger partial charge in [0.15, 0.2) is 0 Å². The number of nitriles is 1. The third-order valence-corrected chi connectivity index (χ3v) is 4.45. The minimum atomic E-state index is -0.111. The number of benzene rings is 2. The molecule has 0 radical (unpaired) electrons. The molecule has 0 heterocycles. The Morgan fingerprint density at radius 1 is 1.04 bits per heavy atom. The first kappa shape index (κ1) is 15.3. The smallest absolute Gasteiger partial charge is 0.314 e. The molecular weight excluding hydrogens is 286 g/mol. The molecule has 2 aromatic rings. The monoisotopic (exact) mass is 305 g/mol. The van der Waals surface area contributed by atoms with E-state index in [0.29, 0.717) is 17.2 Å². The van der Waals surface area contributed by atoms with Gasteiger partial charge in [-0.05, 0) is 60.6 Å². The summed E-state index contributed by atoms with van der Waals surface area (Å²) in [5, 5.41) is 8.83. The predicted octanol–water partition coefficient (Wildman–Crippen LogP) is 4.57. The molecule has 0 aromatic heterocycles. The van der Waals surface area contributed by atoms with Gasteiger partial charge in [0.25, 0.3) is 0 Å². The van der Waals surface area contributed by atoms with Crippen molar-refractivity contribution in [3.63, 3.8) is 0 Å². The highest BCUT2D eigenvalue weighted by Crippen LogP contribution is 2.32. The second-order valence-corrected chi connectivity index (χ2v) is 6.25. The molecule has 23 heavy (non-hydrogen) atoms. The molecule has 1 fully saturated rings. The predicted molar refractivity (Wildman–Crippen MR) is 88.7 cm³/mol. The van der Waals surface area contributed by atoms with E-state index in [-0.39, 0.29) is 11.9 Å². The summed E-state index contributed by atoms with van der Waals surface area (Å²) in [6.45, 7) is 2.18. The number of carbonyl (C=O) groups is 1. The van der Waals surface area contributed by atoms with Crippen molar-refractivity contribution in [1.82, 2.24) is 0 Å². The van der Waals surface area contributed by atoms with Crippen molar-refractivity contribution in [2.75, 3.05) is 0 Å². The fourth-order valence-electron chi connectivity index (χ4n) is 3.07. The summed E-state index contributed by atoms with van der Waals surface area (Å²) in [6.07, 6.45) is 2.98. The van der Waals surface area contributed by atoms with Crippen LogP contribution in [0, 0.1) is 23.2 Å². The molecule has 3 nitrogen and oxygen atoms in total. The Labute approximate surface area is 136 Å². The first-order valence-corrected chi connectivity index (χ1v) is 7.98. The molecule has 3 rings (SSSR count). The minimum absolute atomic E-state index is 0.0446. The summed E-state index contributed by atoms with van der Waals surface area (Å²) >= 11 is 0. The largest absolute Gasteiger partial charge is 0.426 e. The highest BCUT2D eigenvalue weighted by atomic mass is 16.5. The van der Waals surface area contributed by atoms with Gasteiger partial charge in [-0.3, -0.25) is 4.79 Å². The van der Waals surface area contributed by atoms with Gasteiger partial charge in [0.1, 0.15) is 5.75 Å². The standard InChI is InChI=1S/C20H19NO2/c1-14-2-5-18(12-14)20(22)23-19-10-8-17(9-11-19)16-6-3-15(13-21)4-7-16/h3-4,6-11,14,18H,2,5,12H2,1H3/t14-,18+/m1/s1. The average molecular weight is 305 g/mol. The highest BCUT2D eigenvalue weighted by molar-refractivity contribution is 5.76. The third-order valence-electron chi connectivity index (χ3n) is 4.45. The van der Waals surface area contributed by atoms with Crippen LogP contribution in [0.2, 0.25) is 0 Å². The SMILES string of the molecule is C[C@@H]1CC[C@H](C(=O)Oc2ccc(-c3ccc(C#N)cc3)cc2)C1. The topological polar surface area (TPSA) is 50.1 Å². The zero-order chi connectivity index (χ0) is 16.2. The van der Waals surface area contributed by atoms with Gasteiger partial charge in [0, 0.05) is 0 Å². The van der Waals surface area contributed by atoms with E-state index in [4.69, 9.17) is 10.00 Å². The lowest BCUT2D eigenvalue weighted by atomic mass is 10.0. The summed E-state index contributed by atoms with van der Waals surface area (Å²) in [5.41, 5.74) is 2.71. The van der Waals surface area contributed by atoms with Crippen LogP contribution in [0.3, 0.4) is 0 Å². The lowest BCUT2D eigenvalue weighted by Gasteiger charge is -2.10. The Kier molecular flexibility index (Phi) is 4.43. The van der Waals surface area contributed by atoms with E-state index < -0.39 is 0 Å². The van der Waals surface area contributed by atoms with Crippen LogP contribution in [0.15, 0.2) is 48.5 Å². The molecule has 0 unspecified atom stereocenters. The van der Waals surface area contributed by atoms with Gasteiger partial charge in [-0.2, -0.15) is 5.26 Å². The highest BCUT2D eigenvalue weighted by Gasteiger charge is 2.28. The first-order valence-electron chi connectivity index (χ1n) is 7.98. The molecular formula is C20H19NO2. The van der Waals surface area contributed by atoms with Crippen LogP contribution in [-0.4, -0.2) is 5.97 Å². The van der Waals surface area contributed by atoms with Crippen molar-refractivity contribution in [2.24, 2.45) is 11.8 Å². The van der Waals surface area contributed by atoms with Gasteiger partial charge >= 0.3 is 5.97 Å². The zero-order valence-electron chi connectivity index (χ0n) is 13.2. The lowest BCUT2D eigenvalue weighted by Crippen LogP contribution is -2.18.